The Morgan fingerprint density at radius 3 is 2.17 bits per heavy atom. The number of carbonyl (C=O) groups excluding carboxylic acids is 1. The minimum Gasteiger partial charge on any atom is -0.493 e. The summed E-state index contributed by atoms with van der Waals surface area (Å²) in [5.41, 5.74) is 2.26. The van der Waals surface area contributed by atoms with E-state index in [1.165, 1.54) is 19.8 Å². The number of ether oxygens (including phenoxy) is 4. The van der Waals surface area contributed by atoms with Crippen LogP contribution in [0.1, 0.15) is 11.1 Å². The van der Waals surface area contributed by atoms with Crippen molar-refractivity contribution in [3.63, 3.8) is 0 Å². The molecule has 0 radical (unpaired) electrons. The van der Waals surface area contributed by atoms with Crippen LogP contribution in [-0.4, -0.2) is 26.8 Å². The van der Waals surface area contributed by atoms with E-state index in [9.17, 15) is 4.79 Å². The highest BCUT2D eigenvalue weighted by atomic mass is 16.6. The molecule has 0 fully saturated rings. The molecule has 5 heteroatoms. The number of para-hydroxylation sites is 1. The largest absolute Gasteiger partial charge is 0.493 e. The molecule has 2 aromatic carbocycles. The number of methoxy groups -OCH3 is 2. The van der Waals surface area contributed by atoms with Crippen LogP contribution in [0.25, 0.3) is 0 Å². The van der Waals surface area contributed by atoms with E-state index >= 15 is 0 Å². The molecule has 122 valence electrons. The normalized spacial score (nSPS) is 10.1. The van der Waals surface area contributed by atoms with E-state index in [1.54, 1.807) is 18.2 Å². The van der Waals surface area contributed by atoms with Crippen LogP contribution in [0.2, 0.25) is 0 Å². The van der Waals surface area contributed by atoms with Gasteiger partial charge in [0.15, 0.2) is 18.1 Å². The first-order chi connectivity index (χ1) is 11.0. The molecule has 0 heterocycles. The number of aryl methyl sites for hydroxylation is 2. The highest BCUT2D eigenvalue weighted by Gasteiger charge is 2.16. The summed E-state index contributed by atoms with van der Waals surface area (Å²) in [6, 6.07) is 10.8. The summed E-state index contributed by atoms with van der Waals surface area (Å²) < 4.78 is 21.2. The van der Waals surface area contributed by atoms with E-state index in [4.69, 9.17) is 18.9 Å². The zero-order valence-electron chi connectivity index (χ0n) is 13.7. The lowest BCUT2D eigenvalue weighted by Gasteiger charge is -2.13. The Morgan fingerprint density at radius 1 is 0.957 bits per heavy atom. The van der Waals surface area contributed by atoms with Gasteiger partial charge in [0.1, 0.15) is 5.75 Å². The van der Waals surface area contributed by atoms with E-state index in [0.29, 0.717) is 17.2 Å². The van der Waals surface area contributed by atoms with Gasteiger partial charge in [0.2, 0.25) is 5.75 Å². The highest BCUT2D eigenvalue weighted by Crippen LogP contribution is 2.36. The minimum absolute atomic E-state index is 0.205. The van der Waals surface area contributed by atoms with Crippen molar-refractivity contribution in [2.45, 2.75) is 13.8 Å². The third-order valence-electron chi connectivity index (χ3n) is 3.43. The Morgan fingerprint density at radius 2 is 1.61 bits per heavy atom. The molecule has 0 saturated heterocycles. The Labute approximate surface area is 135 Å². The monoisotopic (exact) mass is 316 g/mol. The molecule has 0 spiro atoms. The van der Waals surface area contributed by atoms with E-state index in [-0.39, 0.29) is 12.4 Å². The molecule has 0 aliphatic carbocycles. The number of hydrogen-bond acceptors (Lipinski definition) is 5. The van der Waals surface area contributed by atoms with E-state index in [2.05, 4.69) is 0 Å². The third-order valence-corrected chi connectivity index (χ3v) is 3.43. The van der Waals surface area contributed by atoms with Gasteiger partial charge in [-0.2, -0.15) is 0 Å². The Balaban J connectivity index is 2.04. The van der Waals surface area contributed by atoms with Crippen LogP contribution in [0.5, 0.6) is 23.0 Å². The topological polar surface area (TPSA) is 54.0 Å². The molecule has 0 saturated carbocycles. The van der Waals surface area contributed by atoms with Gasteiger partial charge in [-0.05, 0) is 49.2 Å². The van der Waals surface area contributed by atoms with E-state index in [1.807, 2.05) is 32.0 Å². The van der Waals surface area contributed by atoms with Gasteiger partial charge in [0.05, 0.1) is 14.2 Å². The SMILES string of the molecule is COc1cccc(OC)c1OC(=O)COc1ccc(C)c(C)c1. The molecule has 0 aliphatic heterocycles. The molecule has 0 N–H and O–H groups in total. The van der Waals surface area contributed by atoms with Crippen molar-refractivity contribution >= 4 is 5.97 Å². The highest BCUT2D eigenvalue weighted by molar-refractivity contribution is 5.76. The van der Waals surface area contributed by atoms with Crippen LogP contribution in [-0.2, 0) is 4.79 Å². The van der Waals surface area contributed by atoms with Crippen LogP contribution < -0.4 is 18.9 Å². The van der Waals surface area contributed by atoms with Gasteiger partial charge in [-0.1, -0.05) is 12.1 Å². The number of esters is 1. The van der Waals surface area contributed by atoms with Crippen LogP contribution in [0, 0.1) is 13.8 Å². The predicted octanol–water partition coefficient (Wildman–Crippen LogP) is 3.31. The summed E-state index contributed by atoms with van der Waals surface area (Å²) >= 11 is 0. The summed E-state index contributed by atoms with van der Waals surface area (Å²) in [5, 5.41) is 0. The van der Waals surface area contributed by atoms with Crippen molar-refractivity contribution < 1.29 is 23.7 Å². The van der Waals surface area contributed by atoms with Crippen molar-refractivity contribution in [1.82, 2.24) is 0 Å². The van der Waals surface area contributed by atoms with Crippen LogP contribution in [0.3, 0.4) is 0 Å². The van der Waals surface area contributed by atoms with Gasteiger partial charge in [-0.25, -0.2) is 4.79 Å². The van der Waals surface area contributed by atoms with Gasteiger partial charge in [0, 0.05) is 0 Å². The van der Waals surface area contributed by atoms with Gasteiger partial charge in [-0.3, -0.25) is 0 Å². The maximum absolute atomic E-state index is 12.0. The van der Waals surface area contributed by atoms with Crippen molar-refractivity contribution in [3.8, 4) is 23.0 Å². The first-order valence-corrected chi connectivity index (χ1v) is 7.17. The average molecular weight is 316 g/mol. The number of rotatable bonds is 6. The van der Waals surface area contributed by atoms with Crippen LogP contribution >= 0.6 is 0 Å². The number of benzene rings is 2. The van der Waals surface area contributed by atoms with Gasteiger partial charge in [-0.15, -0.1) is 0 Å². The number of hydrogen-bond donors (Lipinski definition) is 0. The second kappa shape index (κ2) is 7.54. The minimum atomic E-state index is -0.536. The summed E-state index contributed by atoms with van der Waals surface area (Å²) in [4.78, 5) is 12.0. The summed E-state index contributed by atoms with van der Waals surface area (Å²) in [6.07, 6.45) is 0. The molecule has 0 unspecified atom stereocenters. The lowest BCUT2D eigenvalue weighted by molar-refractivity contribution is -0.136. The Hall–Kier alpha value is -2.69. The van der Waals surface area contributed by atoms with Crippen LogP contribution in [0.15, 0.2) is 36.4 Å². The van der Waals surface area contributed by atoms with E-state index in [0.717, 1.165) is 5.56 Å². The maximum atomic E-state index is 12.0. The molecular formula is C18H20O5. The third kappa shape index (κ3) is 4.16. The lowest BCUT2D eigenvalue weighted by atomic mass is 10.1. The average Bonchev–Trinajstić information content (AvgIpc) is 2.56. The van der Waals surface area contributed by atoms with Gasteiger partial charge in [0.25, 0.3) is 0 Å². The summed E-state index contributed by atoms with van der Waals surface area (Å²) in [5.74, 6) is 1.17. The van der Waals surface area contributed by atoms with Gasteiger partial charge >= 0.3 is 5.97 Å². The Kier molecular flexibility index (Phi) is 5.46. The first-order valence-electron chi connectivity index (χ1n) is 7.17. The molecular weight excluding hydrogens is 296 g/mol. The van der Waals surface area contributed by atoms with Crippen molar-refractivity contribution in [1.29, 1.82) is 0 Å². The smallest absolute Gasteiger partial charge is 0.349 e. The van der Waals surface area contributed by atoms with Crippen molar-refractivity contribution in [3.05, 3.63) is 47.5 Å². The molecule has 23 heavy (non-hydrogen) atoms. The molecule has 0 amide bonds. The molecule has 2 aromatic rings. The predicted molar refractivity (Wildman–Crippen MR) is 86.6 cm³/mol. The quantitative estimate of drug-likeness (QED) is 0.604. The van der Waals surface area contributed by atoms with Crippen molar-refractivity contribution in [2.24, 2.45) is 0 Å². The van der Waals surface area contributed by atoms with Gasteiger partial charge < -0.3 is 18.9 Å². The molecule has 0 bridgehead atoms. The zero-order valence-corrected chi connectivity index (χ0v) is 13.7. The summed E-state index contributed by atoms with van der Waals surface area (Å²) in [7, 11) is 3.00. The van der Waals surface area contributed by atoms with Crippen molar-refractivity contribution in [2.75, 3.05) is 20.8 Å². The molecule has 0 aromatic heterocycles. The fourth-order valence-electron chi connectivity index (χ4n) is 2.01. The lowest BCUT2D eigenvalue weighted by Crippen LogP contribution is -2.18. The molecule has 5 nitrogen and oxygen atoms in total. The fourth-order valence-corrected chi connectivity index (χ4v) is 2.01. The number of carbonyl (C=O) groups is 1. The maximum Gasteiger partial charge on any atom is 0.349 e. The molecule has 2 rings (SSSR count). The fraction of sp³-hybridized carbons (Fsp3) is 0.278. The van der Waals surface area contributed by atoms with E-state index < -0.39 is 5.97 Å². The summed E-state index contributed by atoms with van der Waals surface area (Å²) in [6.45, 7) is 3.80. The second-order valence-corrected chi connectivity index (χ2v) is 5.00. The van der Waals surface area contributed by atoms with Crippen LogP contribution in [0.4, 0.5) is 0 Å². The standard InChI is InChI=1S/C18H20O5/c1-12-8-9-14(10-13(12)2)22-11-17(19)23-18-15(20-3)6-5-7-16(18)21-4/h5-10H,11H2,1-4H3. The first kappa shape index (κ1) is 16.7. The molecule has 0 aliphatic rings. The Bertz CT molecular complexity index is 672. The zero-order chi connectivity index (χ0) is 16.8. The molecule has 0 atom stereocenters. The second-order valence-electron chi connectivity index (χ2n) is 5.00.